The van der Waals surface area contributed by atoms with Gasteiger partial charge in [-0.25, -0.2) is 13.2 Å². The number of nitrogens with zero attached hydrogens (tertiary/aromatic N) is 1. The molecule has 1 aromatic rings. The van der Waals surface area contributed by atoms with Crippen molar-refractivity contribution in [1.82, 2.24) is 10.2 Å². The van der Waals surface area contributed by atoms with Crippen LogP contribution in [0.5, 0.6) is 0 Å². The van der Waals surface area contributed by atoms with E-state index in [2.05, 4.69) is 5.32 Å². The molecule has 0 amide bonds. The number of hydrogen-bond acceptors (Lipinski definition) is 3. The summed E-state index contributed by atoms with van der Waals surface area (Å²) in [6.07, 6.45) is 0. The van der Waals surface area contributed by atoms with Gasteiger partial charge in [0.2, 0.25) is 0 Å². The number of aliphatic hydroxyl groups excluding tert-OH is 1. The maximum absolute atomic E-state index is 14.1. The fraction of sp³-hybridized carbons (Fsp3) is 0.538. The largest absolute Gasteiger partial charge is 0.390 e. The molecule has 1 aliphatic heterocycles. The molecule has 1 atom stereocenters. The van der Waals surface area contributed by atoms with Gasteiger partial charge in [-0.3, -0.25) is 4.90 Å². The lowest BCUT2D eigenvalue weighted by molar-refractivity contribution is -0.118. The van der Waals surface area contributed by atoms with Crippen molar-refractivity contribution in [3.05, 3.63) is 34.6 Å². The van der Waals surface area contributed by atoms with Crippen molar-refractivity contribution >= 4 is 11.6 Å². The number of hydrogen-bond donors (Lipinski definition) is 2. The molecule has 0 bridgehead atoms. The first-order chi connectivity index (χ1) is 9.45. The molecule has 0 aliphatic carbocycles. The molecule has 1 aliphatic rings. The van der Waals surface area contributed by atoms with Crippen molar-refractivity contribution in [3.63, 3.8) is 0 Å². The standard InChI is InChI=1S/C13H16ClF3N2O/c14-10-7-9(1-2-11(10)15)12(13(16,17)8-20)19-5-3-18-4-6-19/h1-2,7,12,18,20H,3-6,8H2/t12-/m0/s1. The number of piperazine rings is 1. The second-order valence-electron chi connectivity index (χ2n) is 4.78. The molecule has 20 heavy (non-hydrogen) atoms. The van der Waals surface area contributed by atoms with Gasteiger partial charge in [0.15, 0.2) is 0 Å². The number of rotatable bonds is 4. The van der Waals surface area contributed by atoms with E-state index in [1.54, 1.807) is 4.90 Å². The Morgan fingerprint density at radius 2 is 2.00 bits per heavy atom. The van der Waals surface area contributed by atoms with E-state index in [1.165, 1.54) is 12.1 Å². The highest BCUT2D eigenvalue weighted by atomic mass is 35.5. The summed E-state index contributed by atoms with van der Waals surface area (Å²) in [6.45, 7) is 0.765. The van der Waals surface area contributed by atoms with Crippen LogP contribution in [-0.2, 0) is 0 Å². The summed E-state index contributed by atoms with van der Waals surface area (Å²) in [4.78, 5) is 1.58. The Kier molecular flexibility index (Phi) is 4.90. The van der Waals surface area contributed by atoms with E-state index in [0.717, 1.165) is 6.07 Å². The third-order valence-corrected chi connectivity index (χ3v) is 3.68. The zero-order valence-electron chi connectivity index (χ0n) is 10.8. The normalized spacial score (nSPS) is 19.1. The van der Waals surface area contributed by atoms with Gasteiger partial charge >= 0.3 is 0 Å². The van der Waals surface area contributed by atoms with Gasteiger partial charge in [-0.05, 0) is 17.7 Å². The van der Waals surface area contributed by atoms with Crippen LogP contribution in [0.3, 0.4) is 0 Å². The zero-order valence-corrected chi connectivity index (χ0v) is 11.5. The topological polar surface area (TPSA) is 35.5 Å². The predicted molar refractivity (Wildman–Crippen MR) is 70.6 cm³/mol. The van der Waals surface area contributed by atoms with Crippen LogP contribution < -0.4 is 5.32 Å². The van der Waals surface area contributed by atoms with Crippen molar-refractivity contribution < 1.29 is 18.3 Å². The van der Waals surface area contributed by atoms with Crippen LogP contribution in [0, 0.1) is 5.82 Å². The molecule has 0 aromatic heterocycles. The number of nitrogens with one attached hydrogen (secondary N) is 1. The SMILES string of the molecule is OCC(F)(F)[C@H](c1ccc(F)c(Cl)c1)N1CCNCC1. The number of alkyl halides is 2. The molecule has 7 heteroatoms. The molecule has 0 radical (unpaired) electrons. The quantitative estimate of drug-likeness (QED) is 0.894. The first-order valence-electron chi connectivity index (χ1n) is 6.34. The van der Waals surface area contributed by atoms with Gasteiger partial charge < -0.3 is 10.4 Å². The highest BCUT2D eigenvalue weighted by Gasteiger charge is 2.44. The van der Waals surface area contributed by atoms with Crippen LogP contribution in [0.25, 0.3) is 0 Å². The summed E-state index contributed by atoms with van der Waals surface area (Å²) in [5, 5.41) is 11.9. The second-order valence-corrected chi connectivity index (χ2v) is 5.19. The van der Waals surface area contributed by atoms with Gasteiger partial charge in [0.05, 0.1) is 5.02 Å². The molecule has 1 fully saturated rings. The second kappa shape index (κ2) is 6.30. The molecule has 1 saturated heterocycles. The molecule has 1 heterocycles. The maximum atomic E-state index is 14.1. The minimum Gasteiger partial charge on any atom is -0.390 e. The van der Waals surface area contributed by atoms with E-state index in [4.69, 9.17) is 16.7 Å². The summed E-state index contributed by atoms with van der Waals surface area (Å²) in [6, 6.07) is 2.25. The van der Waals surface area contributed by atoms with Gasteiger partial charge in [-0.1, -0.05) is 17.7 Å². The molecular weight excluding hydrogens is 293 g/mol. The van der Waals surface area contributed by atoms with Gasteiger partial charge in [0, 0.05) is 26.2 Å². The molecule has 1 aromatic carbocycles. The van der Waals surface area contributed by atoms with E-state index < -0.39 is 24.4 Å². The fourth-order valence-corrected chi connectivity index (χ4v) is 2.62. The number of halogens is 4. The lowest BCUT2D eigenvalue weighted by atomic mass is 9.98. The summed E-state index contributed by atoms with van der Waals surface area (Å²) < 4.78 is 41.3. The van der Waals surface area contributed by atoms with Crippen LogP contribution in [0.2, 0.25) is 5.02 Å². The maximum Gasteiger partial charge on any atom is 0.289 e. The van der Waals surface area contributed by atoms with E-state index in [1.807, 2.05) is 0 Å². The zero-order chi connectivity index (χ0) is 14.8. The summed E-state index contributed by atoms with van der Waals surface area (Å²) in [5.41, 5.74) is 0.206. The van der Waals surface area contributed by atoms with Gasteiger partial charge in [-0.2, -0.15) is 0 Å². The predicted octanol–water partition coefficient (Wildman–Crippen LogP) is 2.05. The third-order valence-electron chi connectivity index (χ3n) is 3.39. The van der Waals surface area contributed by atoms with Gasteiger partial charge in [0.1, 0.15) is 18.5 Å². The lowest BCUT2D eigenvalue weighted by Crippen LogP contribution is -2.51. The van der Waals surface area contributed by atoms with E-state index >= 15 is 0 Å². The van der Waals surface area contributed by atoms with Gasteiger partial charge in [-0.15, -0.1) is 0 Å². The van der Waals surface area contributed by atoms with E-state index in [9.17, 15) is 13.2 Å². The van der Waals surface area contributed by atoms with Crippen molar-refractivity contribution in [2.75, 3.05) is 32.8 Å². The monoisotopic (exact) mass is 308 g/mol. The fourth-order valence-electron chi connectivity index (χ4n) is 2.43. The highest BCUT2D eigenvalue weighted by Crippen LogP contribution is 2.37. The van der Waals surface area contributed by atoms with Gasteiger partial charge in [0.25, 0.3) is 5.92 Å². The Morgan fingerprint density at radius 3 is 2.55 bits per heavy atom. The molecule has 3 nitrogen and oxygen atoms in total. The van der Waals surface area contributed by atoms with Crippen LogP contribution in [0.1, 0.15) is 11.6 Å². The van der Waals surface area contributed by atoms with Crippen molar-refractivity contribution in [3.8, 4) is 0 Å². The molecule has 2 N–H and O–H groups in total. The first kappa shape index (κ1) is 15.6. The van der Waals surface area contributed by atoms with Crippen molar-refractivity contribution in [2.45, 2.75) is 12.0 Å². The average Bonchev–Trinajstić information content (AvgIpc) is 2.44. The molecular formula is C13H16ClF3N2O. The Morgan fingerprint density at radius 1 is 1.35 bits per heavy atom. The number of aliphatic hydroxyl groups is 1. The Hall–Kier alpha value is -0.820. The molecule has 0 saturated carbocycles. The average molecular weight is 309 g/mol. The van der Waals surface area contributed by atoms with E-state index in [0.29, 0.717) is 26.2 Å². The van der Waals surface area contributed by atoms with Crippen molar-refractivity contribution in [1.29, 1.82) is 0 Å². The minimum atomic E-state index is -3.32. The van der Waals surface area contributed by atoms with Crippen LogP contribution >= 0.6 is 11.6 Å². The summed E-state index contributed by atoms with van der Waals surface area (Å²) in [5.74, 6) is -3.97. The smallest absolute Gasteiger partial charge is 0.289 e. The highest BCUT2D eigenvalue weighted by molar-refractivity contribution is 6.30. The molecule has 0 unspecified atom stereocenters. The lowest BCUT2D eigenvalue weighted by Gasteiger charge is -2.38. The van der Waals surface area contributed by atoms with Crippen molar-refractivity contribution in [2.24, 2.45) is 0 Å². The molecule has 112 valence electrons. The number of benzene rings is 1. The van der Waals surface area contributed by atoms with Crippen LogP contribution in [0.4, 0.5) is 13.2 Å². The molecule has 0 spiro atoms. The van der Waals surface area contributed by atoms with Crippen LogP contribution in [-0.4, -0.2) is 48.7 Å². The first-order valence-corrected chi connectivity index (χ1v) is 6.72. The van der Waals surface area contributed by atoms with E-state index in [-0.39, 0.29) is 10.6 Å². The third kappa shape index (κ3) is 3.25. The summed E-state index contributed by atoms with van der Waals surface area (Å²) in [7, 11) is 0. The summed E-state index contributed by atoms with van der Waals surface area (Å²) >= 11 is 5.68. The Labute approximate surface area is 120 Å². The van der Waals surface area contributed by atoms with Crippen LogP contribution in [0.15, 0.2) is 18.2 Å². The molecule has 2 rings (SSSR count). The minimum absolute atomic E-state index is 0.198. The Balaban J connectivity index is 2.36. The Bertz CT molecular complexity index is 467.